The number of hydrogen-bond donors (Lipinski definition) is 14. The molecule has 4 aliphatic rings. The van der Waals surface area contributed by atoms with Crippen molar-refractivity contribution in [2.75, 3.05) is 13.2 Å². The van der Waals surface area contributed by atoms with Crippen LogP contribution >= 0.6 is 0 Å². The van der Waals surface area contributed by atoms with Gasteiger partial charge in [0.25, 0.3) is 0 Å². The lowest BCUT2D eigenvalue weighted by Crippen LogP contribution is -2.70. The summed E-state index contributed by atoms with van der Waals surface area (Å²) in [7, 11) is -22.4. The van der Waals surface area contributed by atoms with E-state index in [1.807, 2.05) is 0 Å². The van der Waals surface area contributed by atoms with Crippen LogP contribution < -0.4 is 11.5 Å². The Hall–Kier alpha value is -2.18. The fraction of sp³-hybridized carbons (Fsp3) is 0.917. The third-order valence-corrected chi connectivity index (χ3v) is 10.9. The Balaban J connectivity index is 1.74. The molecular weight excluding hydrogens is 973 g/mol. The van der Waals surface area contributed by atoms with E-state index in [1.54, 1.807) is 0 Å². The van der Waals surface area contributed by atoms with Crippen LogP contribution in [-0.2, 0) is 101 Å². The van der Waals surface area contributed by atoms with Gasteiger partial charge in [0.05, 0.1) is 25.3 Å². The summed E-state index contributed by atoms with van der Waals surface area (Å²) < 4.78 is 185. The summed E-state index contributed by atoms with van der Waals surface area (Å²) in [6.45, 7) is -2.91. The summed E-state index contributed by atoms with van der Waals surface area (Å²) >= 11 is 0. The molecule has 368 valence electrons. The lowest BCUT2D eigenvalue weighted by Gasteiger charge is -2.49. The molecule has 16 N–H and O–H groups in total. The van der Waals surface area contributed by atoms with Gasteiger partial charge < -0.3 is 85.5 Å². The second kappa shape index (κ2) is 20.4. The number of hydrogen-bond acceptors (Lipinski definition) is 29. The highest BCUT2D eigenvalue weighted by Gasteiger charge is 2.59. The standard InChI is InChI=1S/C24H40N2O33S4/c25-5-7(27)12(3(51-21(5)36)1-49-60(37,38)39)53-24-17(59-63(46,47)48)11(31)15(18(57-24)20(34)35)55-22-6(26)14(58-62(43,44)45)13(4(52-22)2-50-61(40,41)42)54-23-10(30)8(28)9(29)16(56-23)19(32)33/h3-18,21-24,27-31,36H,1-2,25-26H2,(H,32,33)(H,34,35)(H,37,38,39)(H,40,41,42)(H,43,44,45)(H,46,47,48)/t3-,4-,5-,6-,7-,8+,9+,10-,11+,12-,13-,14-,15+,16+,17-,18-,21-,22-,23-,24-/m1/s1. The van der Waals surface area contributed by atoms with E-state index in [0.717, 1.165) is 0 Å². The minimum absolute atomic E-state index is 1.33. The first-order valence-electron chi connectivity index (χ1n) is 16.9. The molecule has 4 saturated heterocycles. The molecule has 35 nitrogen and oxygen atoms in total. The van der Waals surface area contributed by atoms with Gasteiger partial charge in [0, 0.05) is 0 Å². The first-order chi connectivity index (χ1) is 28.7. The summed E-state index contributed by atoms with van der Waals surface area (Å²) in [6.07, 6.45) is -44.6. The first-order valence-corrected chi connectivity index (χ1v) is 22.3. The topological polar surface area (TPSA) is 567 Å². The lowest BCUT2D eigenvalue weighted by atomic mass is 9.94. The molecule has 0 spiro atoms. The second-order valence-corrected chi connectivity index (χ2v) is 17.7. The molecule has 0 aliphatic carbocycles. The van der Waals surface area contributed by atoms with E-state index in [1.165, 1.54) is 0 Å². The predicted molar refractivity (Wildman–Crippen MR) is 181 cm³/mol. The Morgan fingerprint density at radius 1 is 0.460 bits per heavy atom. The predicted octanol–water partition coefficient (Wildman–Crippen LogP) is -10.3. The number of aliphatic carboxylic acids is 2. The molecule has 0 aromatic heterocycles. The normalized spacial score (nSPS) is 42.1. The van der Waals surface area contributed by atoms with E-state index in [0.29, 0.717) is 0 Å². The van der Waals surface area contributed by atoms with E-state index in [9.17, 15) is 97.8 Å². The van der Waals surface area contributed by atoms with Gasteiger partial charge in [-0.2, -0.15) is 33.7 Å². The monoisotopic (exact) mass is 1010 g/mol. The van der Waals surface area contributed by atoms with Crippen LogP contribution in [0.3, 0.4) is 0 Å². The molecule has 20 atom stereocenters. The summed E-state index contributed by atoms with van der Waals surface area (Å²) in [6, 6.07) is -4.28. The van der Waals surface area contributed by atoms with Crippen molar-refractivity contribution >= 4 is 53.5 Å². The molecule has 0 amide bonds. The molecule has 4 fully saturated rings. The van der Waals surface area contributed by atoms with Gasteiger partial charge in [-0.05, 0) is 0 Å². The van der Waals surface area contributed by atoms with Gasteiger partial charge in [-0.3, -0.25) is 18.2 Å². The van der Waals surface area contributed by atoms with E-state index in [-0.39, 0.29) is 0 Å². The Bertz CT molecular complexity index is 2060. The number of rotatable bonds is 18. The number of aliphatic hydroxyl groups excluding tert-OH is 6. The van der Waals surface area contributed by atoms with Gasteiger partial charge in [0.1, 0.15) is 67.1 Å². The SMILES string of the molecule is N[C@@H]1[C@@H](O)[C@H](O[C@@H]2O[C@@H](C(=O)O)[C@@H](O[C@H]3O[C@H](COS(=O)(=O)O)[C@@H](O[C@@H]4O[C@H](C(=O)O)[C@@H](O)[C@H](O)[C@H]4O)[C@H](OS(=O)(=O)O)[C@H]3N)[C@H](O)[C@H]2OS(=O)(=O)O)[C@@H](COS(=O)(=O)O)O[C@H]1O. The van der Waals surface area contributed by atoms with Gasteiger partial charge in [-0.15, -0.1) is 0 Å². The van der Waals surface area contributed by atoms with Crippen molar-refractivity contribution in [1.29, 1.82) is 0 Å². The Morgan fingerprint density at radius 2 is 0.921 bits per heavy atom. The average Bonchev–Trinajstić information content (AvgIpc) is 3.13. The molecule has 0 saturated carbocycles. The van der Waals surface area contributed by atoms with Crippen LogP contribution in [0.2, 0.25) is 0 Å². The van der Waals surface area contributed by atoms with Crippen molar-refractivity contribution in [3.05, 3.63) is 0 Å². The number of nitrogens with two attached hydrogens (primary N) is 2. The molecule has 0 bridgehead atoms. The molecule has 63 heavy (non-hydrogen) atoms. The van der Waals surface area contributed by atoms with Gasteiger partial charge in [0.2, 0.25) is 0 Å². The molecule has 4 aliphatic heterocycles. The molecule has 39 heteroatoms. The Morgan fingerprint density at radius 3 is 1.41 bits per heavy atom. The molecule has 0 radical (unpaired) electrons. The van der Waals surface area contributed by atoms with Crippen molar-refractivity contribution in [1.82, 2.24) is 0 Å². The number of aliphatic hydroxyl groups is 6. The zero-order chi connectivity index (χ0) is 47.9. The van der Waals surface area contributed by atoms with E-state index in [4.69, 9.17) is 49.2 Å². The molecule has 0 aromatic carbocycles. The van der Waals surface area contributed by atoms with E-state index in [2.05, 4.69) is 16.7 Å². The third kappa shape index (κ3) is 13.9. The van der Waals surface area contributed by atoms with E-state index < -0.39 is 189 Å². The number of carbonyl (C=O) groups is 2. The molecule has 4 rings (SSSR count). The van der Waals surface area contributed by atoms with Crippen LogP contribution in [0, 0.1) is 0 Å². The highest BCUT2D eigenvalue weighted by molar-refractivity contribution is 7.81. The zero-order valence-corrected chi connectivity index (χ0v) is 34.0. The van der Waals surface area contributed by atoms with Crippen LogP contribution in [0.4, 0.5) is 0 Å². The highest BCUT2D eigenvalue weighted by Crippen LogP contribution is 2.36. The maximum Gasteiger partial charge on any atom is 0.397 e. The maximum absolute atomic E-state index is 12.6. The average molecular weight is 1010 g/mol. The summed E-state index contributed by atoms with van der Waals surface area (Å²) in [5.41, 5.74) is 11.7. The number of carboxylic acid groups (broad SMARTS) is 2. The van der Waals surface area contributed by atoms with Crippen molar-refractivity contribution in [3.63, 3.8) is 0 Å². The van der Waals surface area contributed by atoms with Crippen molar-refractivity contribution in [3.8, 4) is 0 Å². The van der Waals surface area contributed by atoms with Crippen LogP contribution in [-0.4, -0.2) is 241 Å². The van der Waals surface area contributed by atoms with Gasteiger partial charge in [0.15, 0.2) is 43.5 Å². The lowest BCUT2D eigenvalue weighted by molar-refractivity contribution is -0.366. The van der Waals surface area contributed by atoms with Gasteiger partial charge >= 0.3 is 53.5 Å². The Labute approximate surface area is 352 Å². The minimum Gasteiger partial charge on any atom is -0.479 e. The summed E-state index contributed by atoms with van der Waals surface area (Å²) in [5, 5.41) is 82.5. The van der Waals surface area contributed by atoms with Crippen LogP contribution in [0.1, 0.15) is 0 Å². The second-order valence-electron chi connectivity index (χ2n) is 13.4. The fourth-order valence-corrected chi connectivity index (χ4v) is 7.94. The van der Waals surface area contributed by atoms with Crippen LogP contribution in [0.25, 0.3) is 0 Å². The molecular formula is C24H40N2O33S4. The van der Waals surface area contributed by atoms with Crippen molar-refractivity contribution < 1.29 is 152 Å². The van der Waals surface area contributed by atoms with Crippen molar-refractivity contribution in [2.45, 2.75) is 123 Å². The number of ether oxygens (including phenoxy) is 7. The van der Waals surface area contributed by atoms with Gasteiger partial charge in [-0.1, -0.05) is 0 Å². The Kier molecular flexibility index (Phi) is 17.3. The maximum atomic E-state index is 12.6. The third-order valence-electron chi connectivity index (χ3n) is 9.11. The molecule has 0 aromatic rings. The van der Waals surface area contributed by atoms with Gasteiger partial charge in [-0.25, -0.2) is 26.3 Å². The smallest absolute Gasteiger partial charge is 0.397 e. The fourth-order valence-electron chi connectivity index (χ4n) is 6.33. The quantitative estimate of drug-likeness (QED) is 0.0567. The summed E-state index contributed by atoms with van der Waals surface area (Å²) in [5.74, 6) is -4.18. The number of carboxylic acids is 2. The minimum atomic E-state index is -5.82. The summed E-state index contributed by atoms with van der Waals surface area (Å²) in [4.78, 5) is 24.2. The largest absolute Gasteiger partial charge is 0.479 e. The van der Waals surface area contributed by atoms with Crippen LogP contribution in [0.5, 0.6) is 0 Å². The molecule has 0 unspecified atom stereocenters. The zero-order valence-electron chi connectivity index (χ0n) is 30.7. The highest BCUT2D eigenvalue weighted by atomic mass is 32.3. The van der Waals surface area contributed by atoms with Crippen LogP contribution in [0.15, 0.2) is 0 Å². The van der Waals surface area contributed by atoms with Crippen molar-refractivity contribution in [2.24, 2.45) is 11.5 Å². The van der Waals surface area contributed by atoms with E-state index >= 15 is 0 Å². The first kappa shape index (κ1) is 53.4. The molecule has 4 heterocycles.